The van der Waals surface area contributed by atoms with Crippen molar-refractivity contribution in [3.63, 3.8) is 0 Å². The summed E-state index contributed by atoms with van der Waals surface area (Å²) in [5.74, 6) is -0.564. The van der Waals surface area contributed by atoms with E-state index in [1.54, 1.807) is 62.6 Å². The summed E-state index contributed by atoms with van der Waals surface area (Å²) in [5, 5.41) is 6.23. The maximum absolute atomic E-state index is 13.0. The van der Waals surface area contributed by atoms with Gasteiger partial charge in [0.25, 0.3) is 5.91 Å². The molecule has 1 aliphatic rings. The number of methoxy groups -OCH3 is 1. The molecule has 0 saturated heterocycles. The number of thiazole rings is 1. The Balaban J connectivity index is 1.44. The predicted octanol–water partition coefficient (Wildman–Crippen LogP) is 4.64. The van der Waals surface area contributed by atoms with E-state index in [1.165, 1.54) is 11.3 Å². The van der Waals surface area contributed by atoms with Gasteiger partial charge in [0.2, 0.25) is 5.91 Å². The number of aromatic nitrogens is 1. The summed E-state index contributed by atoms with van der Waals surface area (Å²) < 4.78 is 10.1. The Morgan fingerprint density at radius 3 is 2.41 bits per heavy atom. The molecule has 2 aromatic carbocycles. The van der Waals surface area contributed by atoms with Crippen LogP contribution in [-0.2, 0) is 16.0 Å². The molecule has 1 aromatic heterocycles. The lowest BCUT2D eigenvalue weighted by Crippen LogP contribution is -2.24. The van der Waals surface area contributed by atoms with Crippen LogP contribution in [0.15, 0.2) is 48.5 Å². The van der Waals surface area contributed by atoms with E-state index in [9.17, 15) is 14.4 Å². The number of hydrogen-bond donors (Lipinski definition) is 2. The molecule has 0 bridgehead atoms. The molecule has 34 heavy (non-hydrogen) atoms. The number of benzene rings is 2. The summed E-state index contributed by atoms with van der Waals surface area (Å²) in [6.45, 7) is 2.05. The second-order valence-corrected chi connectivity index (χ2v) is 8.83. The third-order valence-corrected chi connectivity index (χ3v) is 6.55. The highest BCUT2D eigenvalue weighted by Crippen LogP contribution is 2.37. The van der Waals surface area contributed by atoms with Crippen LogP contribution in [0.4, 0.5) is 10.8 Å². The van der Waals surface area contributed by atoms with Gasteiger partial charge in [0.1, 0.15) is 5.75 Å². The van der Waals surface area contributed by atoms with Crippen molar-refractivity contribution in [2.75, 3.05) is 24.4 Å². The SMILES string of the molecule is CCOC(=O)c1ccc(NC(=O)C2CCCc3sc(NC(=O)c4ccc(OC)cc4)nc32)cc1. The fourth-order valence-electron chi connectivity index (χ4n) is 3.77. The van der Waals surface area contributed by atoms with Gasteiger partial charge in [0.05, 0.1) is 30.9 Å². The van der Waals surface area contributed by atoms with E-state index in [1.807, 2.05) is 0 Å². The molecule has 0 fully saturated rings. The monoisotopic (exact) mass is 479 g/mol. The average molecular weight is 480 g/mol. The lowest BCUT2D eigenvalue weighted by molar-refractivity contribution is -0.117. The Kier molecular flexibility index (Phi) is 7.22. The number of hydrogen-bond acceptors (Lipinski definition) is 7. The number of fused-ring (bicyclic) bond motifs is 1. The van der Waals surface area contributed by atoms with E-state index in [-0.39, 0.29) is 11.8 Å². The van der Waals surface area contributed by atoms with Crippen LogP contribution < -0.4 is 15.4 Å². The first-order valence-electron chi connectivity index (χ1n) is 11.0. The van der Waals surface area contributed by atoms with Crippen molar-refractivity contribution < 1.29 is 23.9 Å². The van der Waals surface area contributed by atoms with E-state index in [0.29, 0.717) is 46.4 Å². The summed E-state index contributed by atoms with van der Waals surface area (Å²) in [6, 6.07) is 13.4. The number of amides is 2. The van der Waals surface area contributed by atoms with Gasteiger partial charge in [0.15, 0.2) is 5.13 Å². The molecule has 2 N–H and O–H groups in total. The Morgan fingerprint density at radius 1 is 1.03 bits per heavy atom. The fourth-order valence-corrected chi connectivity index (χ4v) is 4.83. The highest BCUT2D eigenvalue weighted by molar-refractivity contribution is 7.16. The summed E-state index contributed by atoms with van der Waals surface area (Å²) >= 11 is 1.40. The maximum atomic E-state index is 13.0. The van der Waals surface area contributed by atoms with E-state index in [2.05, 4.69) is 15.6 Å². The van der Waals surface area contributed by atoms with Crippen LogP contribution in [0.3, 0.4) is 0 Å². The second kappa shape index (κ2) is 10.5. The third-order valence-electron chi connectivity index (χ3n) is 5.51. The number of nitrogens with zero attached hydrogens (tertiary/aromatic N) is 1. The molecule has 3 aromatic rings. The molecular formula is C25H25N3O5S. The van der Waals surface area contributed by atoms with Gasteiger partial charge in [-0.2, -0.15) is 0 Å². The standard InChI is InChI=1S/C25H25N3O5S/c1-3-33-24(31)16-7-11-17(12-8-16)26-23(30)19-5-4-6-20-21(19)27-25(34-20)28-22(29)15-9-13-18(32-2)14-10-15/h7-14,19H,3-6H2,1-2H3,(H,26,30)(H,27,28,29). The van der Waals surface area contributed by atoms with Crippen molar-refractivity contribution in [3.05, 3.63) is 70.2 Å². The van der Waals surface area contributed by atoms with Crippen molar-refractivity contribution in [1.29, 1.82) is 0 Å². The summed E-state index contributed by atoms with van der Waals surface area (Å²) in [7, 11) is 1.57. The van der Waals surface area contributed by atoms with E-state index in [0.717, 1.165) is 17.7 Å². The van der Waals surface area contributed by atoms with Gasteiger partial charge in [-0.05, 0) is 74.7 Å². The minimum absolute atomic E-state index is 0.164. The topological polar surface area (TPSA) is 107 Å². The molecule has 1 aliphatic carbocycles. The number of esters is 1. The Labute approximate surface area is 201 Å². The van der Waals surface area contributed by atoms with Gasteiger partial charge in [-0.25, -0.2) is 9.78 Å². The van der Waals surface area contributed by atoms with Crippen molar-refractivity contribution >= 4 is 39.9 Å². The molecule has 9 heteroatoms. The summed E-state index contributed by atoms with van der Waals surface area (Å²) in [5.41, 5.74) is 2.22. The number of nitrogens with one attached hydrogen (secondary N) is 2. The second-order valence-electron chi connectivity index (χ2n) is 7.74. The van der Waals surface area contributed by atoms with Gasteiger partial charge in [-0.15, -0.1) is 11.3 Å². The van der Waals surface area contributed by atoms with Crippen LogP contribution in [0, 0.1) is 0 Å². The molecule has 0 spiro atoms. The smallest absolute Gasteiger partial charge is 0.338 e. The number of anilines is 2. The van der Waals surface area contributed by atoms with Crippen molar-refractivity contribution in [3.8, 4) is 5.75 Å². The van der Waals surface area contributed by atoms with Crippen LogP contribution in [0.1, 0.15) is 57.0 Å². The minimum atomic E-state index is -0.406. The molecule has 8 nitrogen and oxygen atoms in total. The quantitative estimate of drug-likeness (QED) is 0.478. The number of aryl methyl sites for hydroxylation is 1. The number of ether oxygens (including phenoxy) is 2. The van der Waals surface area contributed by atoms with Gasteiger partial charge in [-0.1, -0.05) is 0 Å². The Bertz CT molecular complexity index is 1190. The molecule has 1 unspecified atom stereocenters. The molecule has 1 heterocycles. The first-order chi connectivity index (χ1) is 16.5. The predicted molar refractivity (Wildman–Crippen MR) is 130 cm³/mol. The minimum Gasteiger partial charge on any atom is -0.497 e. The van der Waals surface area contributed by atoms with E-state index < -0.39 is 11.9 Å². The highest BCUT2D eigenvalue weighted by atomic mass is 32.1. The van der Waals surface area contributed by atoms with Crippen LogP contribution in [0.5, 0.6) is 5.75 Å². The van der Waals surface area contributed by atoms with Gasteiger partial charge in [-0.3, -0.25) is 14.9 Å². The first kappa shape index (κ1) is 23.4. The van der Waals surface area contributed by atoms with Crippen LogP contribution >= 0.6 is 11.3 Å². The van der Waals surface area contributed by atoms with Crippen LogP contribution in [-0.4, -0.2) is 36.5 Å². The first-order valence-corrected chi connectivity index (χ1v) is 11.8. The third kappa shape index (κ3) is 5.26. The van der Waals surface area contributed by atoms with E-state index in [4.69, 9.17) is 9.47 Å². The van der Waals surface area contributed by atoms with Gasteiger partial charge < -0.3 is 14.8 Å². The largest absolute Gasteiger partial charge is 0.497 e. The molecule has 2 amide bonds. The lowest BCUT2D eigenvalue weighted by Gasteiger charge is -2.20. The van der Waals surface area contributed by atoms with Crippen molar-refractivity contribution in [2.45, 2.75) is 32.1 Å². The molecule has 176 valence electrons. The number of rotatable bonds is 7. The maximum Gasteiger partial charge on any atom is 0.338 e. The van der Waals surface area contributed by atoms with Gasteiger partial charge >= 0.3 is 5.97 Å². The number of carbonyl (C=O) groups is 3. The van der Waals surface area contributed by atoms with Crippen LogP contribution in [0.2, 0.25) is 0 Å². The fraction of sp³-hybridized carbons (Fsp3) is 0.280. The Morgan fingerprint density at radius 2 is 1.74 bits per heavy atom. The van der Waals surface area contributed by atoms with Crippen LogP contribution in [0.25, 0.3) is 0 Å². The number of carbonyl (C=O) groups excluding carboxylic acids is 3. The van der Waals surface area contributed by atoms with Gasteiger partial charge in [0, 0.05) is 16.1 Å². The molecule has 0 aliphatic heterocycles. The lowest BCUT2D eigenvalue weighted by atomic mass is 9.90. The Hall–Kier alpha value is -3.72. The molecular weight excluding hydrogens is 454 g/mol. The molecule has 0 radical (unpaired) electrons. The summed E-state index contributed by atoms with van der Waals surface area (Å²) in [6.07, 6.45) is 2.36. The zero-order chi connectivity index (χ0) is 24.1. The molecule has 1 atom stereocenters. The van der Waals surface area contributed by atoms with E-state index >= 15 is 0 Å². The average Bonchev–Trinajstić information content (AvgIpc) is 3.27. The normalized spacial score (nSPS) is 14.6. The van der Waals surface area contributed by atoms with Crippen molar-refractivity contribution in [1.82, 2.24) is 4.98 Å². The highest BCUT2D eigenvalue weighted by Gasteiger charge is 2.30. The zero-order valence-electron chi connectivity index (χ0n) is 18.9. The zero-order valence-corrected chi connectivity index (χ0v) is 19.7. The summed E-state index contributed by atoms with van der Waals surface area (Å²) in [4.78, 5) is 43.0. The molecule has 4 rings (SSSR count). The van der Waals surface area contributed by atoms with Crippen molar-refractivity contribution in [2.24, 2.45) is 0 Å². The molecule has 0 saturated carbocycles.